The van der Waals surface area contributed by atoms with Gasteiger partial charge < -0.3 is 14.8 Å². The van der Waals surface area contributed by atoms with Crippen LogP contribution in [0.25, 0.3) is 6.08 Å². The Labute approximate surface area is 145 Å². The van der Waals surface area contributed by atoms with Gasteiger partial charge in [-0.1, -0.05) is 24.3 Å². The Morgan fingerprint density at radius 1 is 1.00 bits per heavy atom. The second kappa shape index (κ2) is 8.51. The topological polar surface area (TPSA) is 103 Å². The fraction of sp³-hybridized carbons (Fsp3) is 0.111. The third-order valence-corrected chi connectivity index (χ3v) is 3.38. The van der Waals surface area contributed by atoms with E-state index in [9.17, 15) is 9.59 Å². The zero-order valence-electron chi connectivity index (χ0n) is 13.9. The van der Waals surface area contributed by atoms with Crippen molar-refractivity contribution in [3.8, 4) is 11.5 Å². The molecular formula is C18H19N3O4. The minimum atomic E-state index is -0.626. The number of benzene rings is 2. The molecule has 0 atom stereocenters. The lowest BCUT2D eigenvalue weighted by Crippen LogP contribution is -2.38. The Morgan fingerprint density at radius 3 is 2.28 bits per heavy atom. The summed E-state index contributed by atoms with van der Waals surface area (Å²) in [6.07, 6.45) is 1.49. The van der Waals surface area contributed by atoms with Crippen LogP contribution in [0, 0.1) is 0 Å². The average Bonchev–Trinajstić information content (AvgIpc) is 2.67. The molecule has 0 unspecified atom stereocenters. The molecule has 0 aliphatic heterocycles. The fourth-order valence-corrected chi connectivity index (χ4v) is 2.13. The van der Waals surface area contributed by atoms with Crippen LogP contribution in [-0.4, -0.2) is 26.0 Å². The maximum atomic E-state index is 12.3. The van der Waals surface area contributed by atoms with Gasteiger partial charge in [-0.3, -0.25) is 15.0 Å². The number of carbonyl (C=O) groups excluding carboxylic acids is 2. The highest BCUT2D eigenvalue weighted by atomic mass is 16.5. The zero-order chi connectivity index (χ0) is 18.2. The van der Waals surface area contributed by atoms with Gasteiger partial charge in [0.25, 0.3) is 11.8 Å². The Kier molecular flexibility index (Phi) is 6.14. The van der Waals surface area contributed by atoms with Crippen molar-refractivity contribution in [2.75, 3.05) is 14.2 Å². The summed E-state index contributed by atoms with van der Waals surface area (Å²) in [5, 5.41) is 2.56. The molecule has 0 heterocycles. The van der Waals surface area contributed by atoms with E-state index in [4.69, 9.17) is 15.3 Å². The lowest BCUT2D eigenvalue weighted by molar-refractivity contribution is -0.117. The van der Waals surface area contributed by atoms with Crippen molar-refractivity contribution in [1.82, 2.24) is 10.7 Å². The predicted molar refractivity (Wildman–Crippen MR) is 93.8 cm³/mol. The van der Waals surface area contributed by atoms with Gasteiger partial charge in [-0.25, -0.2) is 5.84 Å². The van der Waals surface area contributed by atoms with E-state index in [1.807, 2.05) is 5.43 Å². The summed E-state index contributed by atoms with van der Waals surface area (Å²) >= 11 is 0. The van der Waals surface area contributed by atoms with E-state index < -0.39 is 11.8 Å². The van der Waals surface area contributed by atoms with Crippen molar-refractivity contribution in [1.29, 1.82) is 0 Å². The van der Waals surface area contributed by atoms with Crippen LogP contribution >= 0.6 is 0 Å². The number of carbonyl (C=O) groups is 2. The largest absolute Gasteiger partial charge is 0.493 e. The number of hydrogen-bond acceptors (Lipinski definition) is 5. The molecule has 2 aromatic rings. The van der Waals surface area contributed by atoms with Crippen LogP contribution in [0.5, 0.6) is 11.5 Å². The van der Waals surface area contributed by atoms with Crippen LogP contribution in [-0.2, 0) is 4.79 Å². The summed E-state index contributed by atoms with van der Waals surface area (Å²) in [6, 6.07) is 13.6. The Balaban J connectivity index is 2.32. The average molecular weight is 341 g/mol. The molecule has 0 saturated heterocycles. The molecule has 130 valence electrons. The third-order valence-electron chi connectivity index (χ3n) is 3.38. The van der Waals surface area contributed by atoms with Crippen molar-refractivity contribution in [2.24, 2.45) is 5.84 Å². The monoisotopic (exact) mass is 341 g/mol. The minimum absolute atomic E-state index is 0.00331. The predicted octanol–water partition coefficient (Wildman–Crippen LogP) is 1.46. The molecule has 0 radical (unpaired) electrons. The molecule has 4 N–H and O–H groups in total. The molecule has 0 fully saturated rings. The van der Waals surface area contributed by atoms with E-state index in [1.165, 1.54) is 20.3 Å². The SMILES string of the molecule is COc1ccc(/C=C(/NC(=O)c2ccccc2)C(=O)NN)cc1OC. The summed E-state index contributed by atoms with van der Waals surface area (Å²) in [4.78, 5) is 24.3. The van der Waals surface area contributed by atoms with E-state index in [0.29, 0.717) is 22.6 Å². The molecule has 0 aliphatic rings. The van der Waals surface area contributed by atoms with E-state index >= 15 is 0 Å². The van der Waals surface area contributed by atoms with Crippen LogP contribution in [0.4, 0.5) is 0 Å². The van der Waals surface area contributed by atoms with Gasteiger partial charge in [0.05, 0.1) is 14.2 Å². The molecule has 0 saturated carbocycles. The van der Waals surface area contributed by atoms with Crippen molar-refractivity contribution in [2.45, 2.75) is 0 Å². The highest BCUT2D eigenvalue weighted by Crippen LogP contribution is 2.28. The van der Waals surface area contributed by atoms with Crippen molar-refractivity contribution >= 4 is 17.9 Å². The first-order valence-electron chi connectivity index (χ1n) is 7.40. The van der Waals surface area contributed by atoms with Crippen LogP contribution in [0.1, 0.15) is 15.9 Å². The number of nitrogens with two attached hydrogens (primary N) is 1. The standard InChI is InChI=1S/C18H19N3O4/c1-24-15-9-8-12(11-16(15)25-2)10-14(18(23)21-19)20-17(22)13-6-4-3-5-7-13/h3-11H,19H2,1-2H3,(H,20,22)(H,21,23)/b14-10+. The summed E-state index contributed by atoms with van der Waals surface area (Å²) in [5.74, 6) is 5.21. The van der Waals surface area contributed by atoms with E-state index in [2.05, 4.69) is 5.32 Å². The first-order chi connectivity index (χ1) is 12.1. The van der Waals surface area contributed by atoms with E-state index in [-0.39, 0.29) is 5.70 Å². The van der Waals surface area contributed by atoms with Gasteiger partial charge >= 0.3 is 0 Å². The zero-order valence-corrected chi connectivity index (χ0v) is 13.9. The summed E-state index contributed by atoms with van der Waals surface area (Å²) in [5.41, 5.74) is 3.07. The van der Waals surface area contributed by atoms with Crippen molar-refractivity contribution in [3.63, 3.8) is 0 Å². The Morgan fingerprint density at radius 2 is 1.68 bits per heavy atom. The van der Waals surface area contributed by atoms with Crippen molar-refractivity contribution < 1.29 is 19.1 Å². The van der Waals surface area contributed by atoms with Crippen LogP contribution in [0.2, 0.25) is 0 Å². The number of rotatable bonds is 6. The second-order valence-electron chi connectivity index (χ2n) is 4.97. The Hall–Kier alpha value is -3.32. The lowest BCUT2D eigenvalue weighted by Gasteiger charge is -2.11. The van der Waals surface area contributed by atoms with Gasteiger partial charge in [-0.15, -0.1) is 0 Å². The summed E-state index contributed by atoms with van der Waals surface area (Å²) in [7, 11) is 3.04. The molecule has 0 aromatic heterocycles. The fourth-order valence-electron chi connectivity index (χ4n) is 2.13. The van der Waals surface area contributed by atoms with Gasteiger partial charge in [0.1, 0.15) is 5.70 Å². The molecule has 0 aliphatic carbocycles. The van der Waals surface area contributed by atoms with Gasteiger partial charge in [0.2, 0.25) is 0 Å². The van der Waals surface area contributed by atoms with Gasteiger partial charge in [0.15, 0.2) is 11.5 Å². The number of nitrogens with one attached hydrogen (secondary N) is 2. The molecule has 25 heavy (non-hydrogen) atoms. The minimum Gasteiger partial charge on any atom is -0.493 e. The maximum absolute atomic E-state index is 12.3. The molecular weight excluding hydrogens is 322 g/mol. The molecule has 2 rings (SSSR count). The molecule has 0 spiro atoms. The lowest BCUT2D eigenvalue weighted by atomic mass is 10.1. The number of ether oxygens (including phenoxy) is 2. The quantitative estimate of drug-likeness (QED) is 0.319. The maximum Gasteiger partial charge on any atom is 0.281 e. The highest BCUT2D eigenvalue weighted by molar-refractivity contribution is 6.05. The van der Waals surface area contributed by atoms with Crippen LogP contribution in [0.3, 0.4) is 0 Å². The summed E-state index contributed by atoms with van der Waals surface area (Å²) in [6.45, 7) is 0. The molecule has 7 heteroatoms. The summed E-state index contributed by atoms with van der Waals surface area (Å²) < 4.78 is 10.4. The highest BCUT2D eigenvalue weighted by Gasteiger charge is 2.14. The normalized spacial score (nSPS) is 10.8. The first-order valence-corrected chi connectivity index (χ1v) is 7.40. The molecule has 7 nitrogen and oxygen atoms in total. The van der Waals surface area contributed by atoms with Crippen molar-refractivity contribution in [3.05, 3.63) is 65.4 Å². The Bertz CT molecular complexity index is 788. The van der Waals surface area contributed by atoms with Gasteiger partial charge in [-0.05, 0) is 35.9 Å². The number of amides is 2. The van der Waals surface area contributed by atoms with Gasteiger partial charge in [-0.2, -0.15) is 0 Å². The first kappa shape index (κ1) is 18.0. The van der Waals surface area contributed by atoms with E-state index in [1.54, 1.807) is 48.5 Å². The smallest absolute Gasteiger partial charge is 0.281 e. The second-order valence-corrected chi connectivity index (χ2v) is 4.97. The van der Waals surface area contributed by atoms with Crippen LogP contribution in [0.15, 0.2) is 54.2 Å². The van der Waals surface area contributed by atoms with Gasteiger partial charge in [0, 0.05) is 5.56 Å². The molecule has 2 amide bonds. The molecule has 0 bridgehead atoms. The number of hydrazine groups is 1. The number of hydrogen-bond donors (Lipinski definition) is 3. The molecule has 2 aromatic carbocycles. The third kappa shape index (κ3) is 4.58. The van der Waals surface area contributed by atoms with E-state index in [0.717, 1.165) is 0 Å². The van der Waals surface area contributed by atoms with Crippen LogP contribution < -0.4 is 26.1 Å². The number of methoxy groups -OCH3 is 2.